The molecule has 0 unspecified atom stereocenters. The Hall–Kier alpha value is -3.33. The molecule has 8 heteroatoms. The number of hydrogen-bond donors (Lipinski definition) is 1. The number of hydrazone groups is 1. The van der Waals surface area contributed by atoms with E-state index in [0.29, 0.717) is 26.3 Å². The Morgan fingerprint density at radius 2 is 1.59 bits per heavy atom. The summed E-state index contributed by atoms with van der Waals surface area (Å²) >= 11 is 0. The molecule has 164 valence electrons. The minimum absolute atomic E-state index is 0.0764. The van der Waals surface area contributed by atoms with Crippen LogP contribution >= 0.6 is 0 Å². The van der Waals surface area contributed by atoms with E-state index in [2.05, 4.69) is 10.5 Å². The average molecular weight is 450 g/mol. The van der Waals surface area contributed by atoms with Crippen molar-refractivity contribution in [1.82, 2.24) is 9.73 Å². The van der Waals surface area contributed by atoms with Gasteiger partial charge in [-0.05, 0) is 34.9 Å². The summed E-state index contributed by atoms with van der Waals surface area (Å²) in [5.74, 6) is -0.485. The summed E-state index contributed by atoms with van der Waals surface area (Å²) in [5.41, 5.74) is 5.71. The van der Waals surface area contributed by atoms with Crippen LogP contribution in [-0.4, -0.2) is 51.1 Å². The molecule has 1 amide bonds. The molecule has 0 saturated carbocycles. The van der Waals surface area contributed by atoms with Gasteiger partial charge >= 0.3 is 0 Å². The van der Waals surface area contributed by atoms with Crippen LogP contribution in [0.15, 0.2) is 88.9 Å². The van der Waals surface area contributed by atoms with E-state index in [1.807, 2.05) is 54.6 Å². The SMILES string of the molecule is O=C(NN=Cc1ccc(-c2ccccc2)cc1)c1cccc(S(=O)(=O)N2CCOCC2)c1. The van der Waals surface area contributed by atoms with E-state index in [4.69, 9.17) is 4.74 Å². The van der Waals surface area contributed by atoms with Crippen molar-refractivity contribution in [3.63, 3.8) is 0 Å². The Labute approximate surface area is 187 Å². The van der Waals surface area contributed by atoms with Gasteiger partial charge in [0.2, 0.25) is 10.0 Å². The van der Waals surface area contributed by atoms with E-state index < -0.39 is 15.9 Å². The molecule has 0 spiro atoms. The molecule has 1 fully saturated rings. The number of amides is 1. The van der Waals surface area contributed by atoms with Gasteiger partial charge in [0.1, 0.15) is 0 Å². The predicted octanol–water partition coefficient (Wildman–Crippen LogP) is 3.14. The van der Waals surface area contributed by atoms with Gasteiger partial charge in [0.25, 0.3) is 5.91 Å². The van der Waals surface area contributed by atoms with Gasteiger partial charge in [-0.3, -0.25) is 4.79 Å². The fraction of sp³-hybridized carbons (Fsp3) is 0.167. The molecular weight excluding hydrogens is 426 g/mol. The molecule has 0 aromatic heterocycles. The van der Waals surface area contributed by atoms with Crippen molar-refractivity contribution in [3.05, 3.63) is 90.0 Å². The molecule has 1 saturated heterocycles. The first-order valence-corrected chi connectivity index (χ1v) is 11.6. The number of ether oxygens (including phenoxy) is 1. The summed E-state index contributed by atoms with van der Waals surface area (Å²) in [6.07, 6.45) is 1.54. The number of carbonyl (C=O) groups is 1. The number of carbonyl (C=O) groups excluding carboxylic acids is 1. The molecule has 0 radical (unpaired) electrons. The third-order valence-corrected chi connectivity index (χ3v) is 7.00. The van der Waals surface area contributed by atoms with E-state index in [9.17, 15) is 13.2 Å². The first kappa shape index (κ1) is 21.9. The summed E-state index contributed by atoms with van der Waals surface area (Å²) in [5, 5.41) is 4.00. The monoisotopic (exact) mass is 449 g/mol. The first-order valence-electron chi connectivity index (χ1n) is 10.2. The lowest BCUT2D eigenvalue weighted by Gasteiger charge is -2.26. The Balaban J connectivity index is 1.41. The largest absolute Gasteiger partial charge is 0.379 e. The molecule has 0 aliphatic carbocycles. The van der Waals surface area contributed by atoms with Crippen LogP contribution < -0.4 is 5.43 Å². The molecule has 3 aromatic rings. The number of rotatable bonds is 6. The van der Waals surface area contributed by atoms with Crippen LogP contribution in [0, 0.1) is 0 Å². The van der Waals surface area contributed by atoms with E-state index in [-0.39, 0.29) is 10.5 Å². The van der Waals surface area contributed by atoms with Crippen molar-refractivity contribution in [1.29, 1.82) is 0 Å². The minimum atomic E-state index is -3.67. The van der Waals surface area contributed by atoms with Gasteiger partial charge in [-0.15, -0.1) is 0 Å². The number of morpholine rings is 1. The highest BCUT2D eigenvalue weighted by Gasteiger charge is 2.26. The van der Waals surface area contributed by atoms with Gasteiger partial charge in [-0.2, -0.15) is 9.41 Å². The van der Waals surface area contributed by atoms with Gasteiger partial charge in [0, 0.05) is 18.7 Å². The third kappa shape index (κ3) is 5.11. The average Bonchev–Trinajstić information content (AvgIpc) is 2.85. The first-order chi connectivity index (χ1) is 15.5. The van der Waals surface area contributed by atoms with Gasteiger partial charge < -0.3 is 4.74 Å². The van der Waals surface area contributed by atoms with Crippen molar-refractivity contribution in [3.8, 4) is 11.1 Å². The minimum Gasteiger partial charge on any atom is -0.379 e. The van der Waals surface area contributed by atoms with Gasteiger partial charge in [-0.1, -0.05) is 60.7 Å². The maximum atomic E-state index is 12.8. The molecule has 32 heavy (non-hydrogen) atoms. The molecule has 1 aliphatic rings. The molecule has 4 rings (SSSR count). The highest BCUT2D eigenvalue weighted by molar-refractivity contribution is 7.89. The van der Waals surface area contributed by atoms with Crippen molar-refractivity contribution in [2.75, 3.05) is 26.3 Å². The second kappa shape index (κ2) is 9.86. The van der Waals surface area contributed by atoms with Crippen molar-refractivity contribution in [2.24, 2.45) is 5.10 Å². The summed E-state index contributed by atoms with van der Waals surface area (Å²) in [4.78, 5) is 12.6. The summed E-state index contributed by atoms with van der Waals surface area (Å²) in [6.45, 7) is 1.32. The maximum Gasteiger partial charge on any atom is 0.271 e. The molecule has 1 heterocycles. The number of benzene rings is 3. The van der Waals surface area contributed by atoms with Crippen molar-refractivity contribution < 1.29 is 17.9 Å². The van der Waals surface area contributed by atoms with Crippen molar-refractivity contribution in [2.45, 2.75) is 4.90 Å². The van der Waals surface area contributed by atoms with Crippen LogP contribution in [0.1, 0.15) is 15.9 Å². The van der Waals surface area contributed by atoms with E-state index in [1.165, 1.54) is 16.4 Å². The topological polar surface area (TPSA) is 88.1 Å². The molecule has 0 atom stereocenters. The lowest BCUT2D eigenvalue weighted by molar-refractivity contribution is 0.0730. The zero-order valence-electron chi connectivity index (χ0n) is 17.3. The highest BCUT2D eigenvalue weighted by Crippen LogP contribution is 2.19. The fourth-order valence-electron chi connectivity index (χ4n) is 3.36. The van der Waals surface area contributed by atoms with Gasteiger partial charge in [0.05, 0.1) is 24.3 Å². The normalized spacial score (nSPS) is 15.0. The molecule has 3 aromatic carbocycles. The van der Waals surface area contributed by atoms with E-state index in [0.717, 1.165) is 16.7 Å². The zero-order valence-corrected chi connectivity index (χ0v) is 18.2. The van der Waals surface area contributed by atoms with Crippen molar-refractivity contribution >= 4 is 22.1 Å². The van der Waals surface area contributed by atoms with E-state index >= 15 is 0 Å². The quantitative estimate of drug-likeness (QED) is 0.463. The van der Waals surface area contributed by atoms with Crippen LogP contribution in [0.5, 0.6) is 0 Å². The summed E-state index contributed by atoms with van der Waals surface area (Å²) < 4.78 is 32.2. The predicted molar refractivity (Wildman–Crippen MR) is 123 cm³/mol. The molecule has 1 aliphatic heterocycles. The second-order valence-electron chi connectivity index (χ2n) is 7.23. The van der Waals surface area contributed by atoms with Crippen LogP contribution in [0.2, 0.25) is 0 Å². The van der Waals surface area contributed by atoms with Crippen LogP contribution in [0.25, 0.3) is 11.1 Å². The van der Waals surface area contributed by atoms with E-state index in [1.54, 1.807) is 18.3 Å². The smallest absolute Gasteiger partial charge is 0.271 e. The summed E-state index contributed by atoms with van der Waals surface area (Å²) in [7, 11) is -3.67. The van der Waals surface area contributed by atoms with Gasteiger partial charge in [0.15, 0.2) is 0 Å². The summed E-state index contributed by atoms with van der Waals surface area (Å²) in [6, 6.07) is 23.8. The molecule has 7 nitrogen and oxygen atoms in total. The second-order valence-corrected chi connectivity index (χ2v) is 9.17. The van der Waals surface area contributed by atoms with Crippen LogP contribution in [0.3, 0.4) is 0 Å². The molecular formula is C24H23N3O4S. The Kier molecular flexibility index (Phi) is 6.75. The number of nitrogens with zero attached hydrogens (tertiary/aromatic N) is 2. The lowest BCUT2D eigenvalue weighted by atomic mass is 10.0. The fourth-order valence-corrected chi connectivity index (χ4v) is 4.81. The Morgan fingerprint density at radius 1 is 0.906 bits per heavy atom. The molecule has 1 N–H and O–H groups in total. The Morgan fingerprint density at radius 3 is 2.31 bits per heavy atom. The Bertz CT molecular complexity index is 1200. The van der Waals surface area contributed by atoms with Gasteiger partial charge in [-0.25, -0.2) is 13.8 Å². The highest BCUT2D eigenvalue weighted by atomic mass is 32.2. The maximum absolute atomic E-state index is 12.8. The number of nitrogens with one attached hydrogen (secondary N) is 1. The molecule has 0 bridgehead atoms. The van der Waals surface area contributed by atoms with Crippen LogP contribution in [0.4, 0.5) is 0 Å². The zero-order chi connectivity index (χ0) is 22.4. The third-order valence-electron chi connectivity index (χ3n) is 5.10. The number of sulfonamides is 1. The van der Waals surface area contributed by atoms with Crippen LogP contribution in [-0.2, 0) is 14.8 Å². The lowest BCUT2D eigenvalue weighted by Crippen LogP contribution is -2.40. The standard InChI is InChI=1S/C24H23N3O4S/c28-24(22-7-4-8-23(17-22)32(29,30)27-13-15-31-16-14-27)26-25-18-19-9-11-21(12-10-19)20-5-2-1-3-6-20/h1-12,17-18H,13-16H2,(H,26,28). The number of hydrogen-bond acceptors (Lipinski definition) is 5.